The van der Waals surface area contributed by atoms with Gasteiger partial charge in [0.05, 0.1) is 0 Å². The predicted molar refractivity (Wildman–Crippen MR) is 195 cm³/mol. The van der Waals surface area contributed by atoms with Crippen LogP contribution in [0.4, 0.5) is 11.9 Å². The van der Waals surface area contributed by atoms with Crippen LogP contribution in [0.1, 0.15) is 172 Å². The van der Waals surface area contributed by atoms with E-state index < -0.39 is 0 Å². The van der Waals surface area contributed by atoms with Crippen molar-refractivity contribution in [2.75, 3.05) is 22.9 Å². The molecular weight excluding hydrogens is 578 g/mol. The smallest absolute Gasteiger partial charge is 0.231 e. The highest BCUT2D eigenvalue weighted by molar-refractivity contribution is 6.28. The molecule has 260 valence electrons. The van der Waals surface area contributed by atoms with Crippen LogP contribution in [0.5, 0.6) is 0 Å². The summed E-state index contributed by atoms with van der Waals surface area (Å²) in [4.78, 5) is 20.1. The van der Waals surface area contributed by atoms with Gasteiger partial charge in [0, 0.05) is 47.3 Å². The van der Waals surface area contributed by atoms with Crippen molar-refractivity contribution < 1.29 is 0 Å². The normalized spacial score (nSPS) is 21.1. The maximum absolute atomic E-state index is 6.84. The second-order valence-electron chi connectivity index (χ2n) is 17.0. The van der Waals surface area contributed by atoms with Gasteiger partial charge < -0.3 is 20.4 Å². The first-order chi connectivity index (χ1) is 21.1. The van der Waals surface area contributed by atoms with Gasteiger partial charge in [0.1, 0.15) is 0 Å². The zero-order valence-corrected chi connectivity index (χ0v) is 31.8. The third kappa shape index (κ3) is 12.7. The summed E-state index contributed by atoms with van der Waals surface area (Å²) in [6, 6.07) is 0.670. The second-order valence-corrected chi connectivity index (χ2v) is 17.4. The standard InChI is InChI=1S/C37H70ClN7/c1-11-13-15-17-19-21-23-44(29-25-34(3,4)42-35(5,6)26-29)32-39-31(38)40-33(41-32)45(24-22-20-18-16-14-12-2)30-27-36(7,8)43-37(9,10)28-30/h29-30,42-43H,11-28H2,1-10H3. The number of anilines is 2. The minimum Gasteiger partial charge on any atom is -0.338 e. The molecule has 0 amide bonds. The molecule has 0 aromatic carbocycles. The van der Waals surface area contributed by atoms with Crippen molar-refractivity contribution in [2.24, 2.45) is 0 Å². The fourth-order valence-corrected chi connectivity index (χ4v) is 8.73. The number of nitrogens with zero attached hydrogens (tertiary/aromatic N) is 5. The average Bonchev–Trinajstić information content (AvgIpc) is 2.88. The van der Waals surface area contributed by atoms with E-state index in [0.717, 1.165) is 63.5 Å². The summed E-state index contributed by atoms with van der Waals surface area (Å²) >= 11 is 6.84. The number of unbranched alkanes of at least 4 members (excludes halogenated alkanes) is 10. The van der Waals surface area contributed by atoms with Crippen LogP contribution < -0.4 is 20.4 Å². The molecule has 8 heteroatoms. The molecule has 0 saturated carbocycles. The van der Waals surface area contributed by atoms with E-state index in [2.05, 4.69) is 89.7 Å². The fraction of sp³-hybridized carbons (Fsp3) is 0.919. The van der Waals surface area contributed by atoms with Crippen molar-refractivity contribution in [3.63, 3.8) is 0 Å². The maximum atomic E-state index is 6.84. The fourth-order valence-electron chi connectivity index (χ4n) is 8.58. The molecule has 0 bridgehead atoms. The first-order valence-corrected chi connectivity index (χ1v) is 19.0. The number of aromatic nitrogens is 3. The summed E-state index contributed by atoms with van der Waals surface area (Å²) in [7, 11) is 0. The summed E-state index contributed by atoms with van der Waals surface area (Å²) in [6.45, 7) is 25.1. The van der Waals surface area contributed by atoms with Crippen LogP contribution >= 0.6 is 11.6 Å². The second kappa shape index (κ2) is 16.8. The highest BCUT2D eigenvalue weighted by Crippen LogP contribution is 2.36. The van der Waals surface area contributed by atoms with Crippen LogP contribution in [0, 0.1) is 0 Å². The van der Waals surface area contributed by atoms with Crippen molar-refractivity contribution in [1.82, 2.24) is 25.6 Å². The van der Waals surface area contributed by atoms with E-state index in [0.29, 0.717) is 17.4 Å². The number of piperidine rings is 2. The van der Waals surface area contributed by atoms with Crippen LogP contribution in [-0.2, 0) is 0 Å². The number of nitrogens with one attached hydrogen (secondary N) is 2. The molecule has 3 heterocycles. The van der Waals surface area contributed by atoms with E-state index in [1.54, 1.807) is 0 Å². The molecule has 45 heavy (non-hydrogen) atoms. The largest absolute Gasteiger partial charge is 0.338 e. The van der Waals surface area contributed by atoms with Gasteiger partial charge in [-0.25, -0.2) is 0 Å². The zero-order chi connectivity index (χ0) is 33.3. The summed E-state index contributed by atoms with van der Waals surface area (Å²) < 4.78 is 0. The molecule has 2 aliphatic rings. The molecule has 2 aliphatic heterocycles. The molecule has 2 saturated heterocycles. The van der Waals surface area contributed by atoms with Crippen LogP contribution in [-0.4, -0.2) is 62.3 Å². The van der Waals surface area contributed by atoms with Gasteiger partial charge >= 0.3 is 0 Å². The first-order valence-electron chi connectivity index (χ1n) is 18.6. The predicted octanol–water partition coefficient (Wildman–Crippen LogP) is 9.48. The lowest BCUT2D eigenvalue weighted by molar-refractivity contribution is 0.157. The van der Waals surface area contributed by atoms with Crippen molar-refractivity contribution in [1.29, 1.82) is 0 Å². The molecule has 1 aromatic heterocycles. The van der Waals surface area contributed by atoms with Crippen LogP contribution in [0.3, 0.4) is 0 Å². The minimum absolute atomic E-state index is 0.0293. The summed E-state index contributed by atoms with van der Waals surface area (Å²) in [6.07, 6.45) is 19.4. The van der Waals surface area contributed by atoms with E-state index in [1.807, 2.05) is 0 Å². The molecule has 2 fully saturated rings. The molecule has 0 aliphatic carbocycles. The van der Waals surface area contributed by atoms with Gasteiger partial charge in [0.25, 0.3) is 0 Å². The molecule has 0 radical (unpaired) electrons. The van der Waals surface area contributed by atoms with Crippen LogP contribution in [0.2, 0.25) is 5.28 Å². The van der Waals surface area contributed by atoms with Gasteiger partial charge in [0.2, 0.25) is 17.2 Å². The van der Waals surface area contributed by atoms with E-state index in [1.165, 1.54) is 64.2 Å². The molecule has 2 N–H and O–H groups in total. The summed E-state index contributed by atoms with van der Waals surface area (Å²) in [5.74, 6) is 1.52. The minimum atomic E-state index is 0.0293. The topological polar surface area (TPSA) is 69.2 Å². The maximum Gasteiger partial charge on any atom is 0.231 e. The number of hydrogen-bond acceptors (Lipinski definition) is 7. The Morgan fingerprint density at radius 1 is 0.533 bits per heavy atom. The average molecular weight is 648 g/mol. The molecule has 0 unspecified atom stereocenters. The SMILES string of the molecule is CCCCCCCCN(c1nc(Cl)nc(N(CCCCCCCC)C2CC(C)(C)NC(C)(C)C2)n1)C1CC(C)(C)NC(C)(C)C1. The van der Waals surface area contributed by atoms with Crippen molar-refractivity contribution in [3.8, 4) is 0 Å². The van der Waals surface area contributed by atoms with Gasteiger partial charge in [-0.1, -0.05) is 78.1 Å². The Balaban J connectivity index is 1.95. The van der Waals surface area contributed by atoms with Gasteiger partial charge in [-0.2, -0.15) is 15.0 Å². The lowest BCUT2D eigenvalue weighted by Gasteiger charge is -2.50. The first kappa shape index (κ1) is 38.3. The molecule has 0 spiro atoms. The van der Waals surface area contributed by atoms with Crippen molar-refractivity contribution in [2.45, 2.75) is 206 Å². The van der Waals surface area contributed by atoms with E-state index in [-0.39, 0.29) is 22.2 Å². The lowest BCUT2D eigenvalue weighted by atomic mass is 9.79. The molecule has 0 atom stereocenters. The molecule has 1 aromatic rings. The Bertz CT molecular complexity index is 916. The van der Waals surface area contributed by atoms with Crippen molar-refractivity contribution in [3.05, 3.63) is 5.28 Å². The third-order valence-electron chi connectivity index (χ3n) is 9.82. The van der Waals surface area contributed by atoms with Gasteiger partial charge in [-0.05, 0) is 106 Å². The molecular formula is C37H70ClN7. The summed E-state index contributed by atoms with van der Waals surface area (Å²) in [5.41, 5.74) is 0.117. The Kier molecular flexibility index (Phi) is 14.3. The van der Waals surface area contributed by atoms with Gasteiger partial charge in [0.15, 0.2) is 0 Å². The molecule has 3 rings (SSSR count). The van der Waals surface area contributed by atoms with Crippen LogP contribution in [0.15, 0.2) is 0 Å². The Morgan fingerprint density at radius 3 is 1.18 bits per heavy atom. The molecule has 7 nitrogen and oxygen atoms in total. The Labute approximate surface area is 282 Å². The van der Waals surface area contributed by atoms with E-state index in [4.69, 9.17) is 26.6 Å². The number of hydrogen-bond donors (Lipinski definition) is 2. The Hall–Kier alpha value is -1.18. The number of rotatable bonds is 18. The van der Waals surface area contributed by atoms with Gasteiger partial charge in [-0.15, -0.1) is 0 Å². The lowest BCUT2D eigenvalue weighted by Crippen LogP contribution is -2.63. The van der Waals surface area contributed by atoms with E-state index in [9.17, 15) is 0 Å². The van der Waals surface area contributed by atoms with Crippen molar-refractivity contribution >= 4 is 23.5 Å². The van der Waals surface area contributed by atoms with Crippen LogP contribution in [0.25, 0.3) is 0 Å². The third-order valence-corrected chi connectivity index (χ3v) is 9.99. The highest BCUT2D eigenvalue weighted by atomic mass is 35.5. The van der Waals surface area contributed by atoms with E-state index >= 15 is 0 Å². The highest BCUT2D eigenvalue weighted by Gasteiger charge is 2.42. The number of halogens is 1. The quantitative estimate of drug-likeness (QED) is 0.154. The zero-order valence-electron chi connectivity index (χ0n) is 31.0. The van der Waals surface area contributed by atoms with Gasteiger partial charge in [-0.3, -0.25) is 0 Å². The summed E-state index contributed by atoms with van der Waals surface area (Å²) in [5, 5.41) is 8.07. The monoisotopic (exact) mass is 648 g/mol. The Morgan fingerprint density at radius 2 is 0.844 bits per heavy atom.